The fraction of sp³-hybridized carbons (Fsp3) is 0.478. The quantitative estimate of drug-likeness (QED) is 0.562. The molecule has 0 unspecified atom stereocenters. The summed E-state index contributed by atoms with van der Waals surface area (Å²) >= 11 is 0. The lowest BCUT2D eigenvalue weighted by atomic mass is 9.96. The maximum Gasteiger partial charge on any atom is 0.223 e. The van der Waals surface area contributed by atoms with Gasteiger partial charge in [-0.05, 0) is 51.3 Å². The number of nitrogens with one attached hydrogen (secondary N) is 1. The Balaban J connectivity index is 1.39. The van der Waals surface area contributed by atoms with Crippen LogP contribution in [0.3, 0.4) is 0 Å². The number of aryl methyl sites for hydroxylation is 1. The first kappa shape index (κ1) is 21.2. The zero-order valence-corrected chi connectivity index (χ0v) is 18.3. The molecule has 0 radical (unpaired) electrons. The fourth-order valence-corrected chi connectivity index (χ4v) is 3.96. The van der Waals surface area contributed by atoms with Crippen molar-refractivity contribution in [1.29, 1.82) is 0 Å². The van der Waals surface area contributed by atoms with Crippen LogP contribution in [0.2, 0.25) is 0 Å². The molecule has 1 aliphatic rings. The van der Waals surface area contributed by atoms with Crippen LogP contribution in [0.5, 0.6) is 0 Å². The number of hydrogen-bond acceptors (Lipinski definition) is 6. The third-order valence-corrected chi connectivity index (χ3v) is 5.68. The lowest BCUT2D eigenvalue weighted by molar-refractivity contribution is -0.125. The number of ether oxygens (including phenoxy) is 1. The van der Waals surface area contributed by atoms with E-state index in [0.29, 0.717) is 19.8 Å². The number of carbonyl (C=O) groups is 1. The van der Waals surface area contributed by atoms with E-state index in [-0.39, 0.29) is 11.8 Å². The van der Waals surface area contributed by atoms with E-state index in [1.807, 2.05) is 31.2 Å². The van der Waals surface area contributed by atoms with Gasteiger partial charge < -0.3 is 15.0 Å². The van der Waals surface area contributed by atoms with E-state index < -0.39 is 0 Å². The predicted octanol–water partition coefficient (Wildman–Crippen LogP) is 2.86. The predicted molar refractivity (Wildman–Crippen MR) is 120 cm³/mol. The van der Waals surface area contributed by atoms with Gasteiger partial charge in [0.2, 0.25) is 5.91 Å². The lowest BCUT2D eigenvalue weighted by Gasteiger charge is -2.32. The van der Waals surface area contributed by atoms with E-state index in [1.54, 1.807) is 4.52 Å². The van der Waals surface area contributed by atoms with Gasteiger partial charge in [0.25, 0.3) is 0 Å². The molecular weight excluding hydrogens is 392 g/mol. The SMILES string of the molecule is CCOCCCNC(=O)C1CCN(c2ccc3nnc(-c4cccc(C)c4)n3n2)CC1. The number of fused-ring (bicyclic) bond motifs is 1. The molecule has 1 aromatic carbocycles. The van der Waals surface area contributed by atoms with Crippen molar-refractivity contribution in [2.24, 2.45) is 5.92 Å². The smallest absolute Gasteiger partial charge is 0.223 e. The van der Waals surface area contributed by atoms with E-state index in [2.05, 4.69) is 39.5 Å². The average Bonchev–Trinajstić information content (AvgIpc) is 3.22. The highest BCUT2D eigenvalue weighted by molar-refractivity contribution is 5.79. The topological polar surface area (TPSA) is 84.6 Å². The van der Waals surface area contributed by atoms with Gasteiger partial charge in [-0.2, -0.15) is 4.52 Å². The number of anilines is 1. The van der Waals surface area contributed by atoms with Crippen LogP contribution in [0.4, 0.5) is 5.82 Å². The van der Waals surface area contributed by atoms with Crippen LogP contribution in [0.15, 0.2) is 36.4 Å². The highest BCUT2D eigenvalue weighted by Gasteiger charge is 2.26. The van der Waals surface area contributed by atoms with Gasteiger partial charge >= 0.3 is 0 Å². The van der Waals surface area contributed by atoms with Gasteiger partial charge in [-0.15, -0.1) is 15.3 Å². The molecule has 1 aliphatic heterocycles. The number of aromatic nitrogens is 4. The number of piperidine rings is 1. The highest BCUT2D eigenvalue weighted by atomic mass is 16.5. The van der Waals surface area contributed by atoms with Crippen molar-refractivity contribution in [2.75, 3.05) is 37.7 Å². The minimum Gasteiger partial charge on any atom is -0.382 e. The van der Waals surface area contributed by atoms with Crippen LogP contribution in [0, 0.1) is 12.8 Å². The second-order valence-corrected chi connectivity index (χ2v) is 7.96. The largest absolute Gasteiger partial charge is 0.382 e. The van der Waals surface area contributed by atoms with Gasteiger partial charge in [-0.1, -0.05) is 23.8 Å². The summed E-state index contributed by atoms with van der Waals surface area (Å²) in [6, 6.07) is 12.1. The third kappa shape index (κ3) is 5.02. The maximum atomic E-state index is 12.4. The number of benzene rings is 1. The minimum atomic E-state index is 0.0600. The van der Waals surface area contributed by atoms with E-state index in [0.717, 1.165) is 55.2 Å². The Bertz CT molecular complexity index is 1030. The van der Waals surface area contributed by atoms with Crippen LogP contribution < -0.4 is 10.2 Å². The van der Waals surface area contributed by atoms with Gasteiger partial charge in [0, 0.05) is 44.3 Å². The number of rotatable bonds is 8. The Labute approximate surface area is 182 Å². The molecule has 3 aromatic rings. The number of nitrogens with zero attached hydrogens (tertiary/aromatic N) is 5. The summed E-state index contributed by atoms with van der Waals surface area (Å²) in [6.45, 7) is 7.73. The summed E-state index contributed by atoms with van der Waals surface area (Å²) in [6.07, 6.45) is 2.50. The van der Waals surface area contributed by atoms with Crippen molar-refractivity contribution in [3.63, 3.8) is 0 Å². The molecule has 31 heavy (non-hydrogen) atoms. The third-order valence-electron chi connectivity index (χ3n) is 5.68. The summed E-state index contributed by atoms with van der Waals surface area (Å²) in [7, 11) is 0. The number of hydrogen-bond donors (Lipinski definition) is 1. The molecule has 1 amide bonds. The van der Waals surface area contributed by atoms with Crippen LogP contribution in [0.1, 0.15) is 31.7 Å². The summed E-state index contributed by atoms with van der Waals surface area (Å²) in [4.78, 5) is 14.7. The van der Waals surface area contributed by atoms with E-state index in [4.69, 9.17) is 9.84 Å². The lowest BCUT2D eigenvalue weighted by Crippen LogP contribution is -2.41. The summed E-state index contributed by atoms with van der Waals surface area (Å²) in [5, 5.41) is 16.5. The molecule has 0 spiro atoms. The van der Waals surface area contributed by atoms with Crippen LogP contribution in [-0.4, -0.2) is 58.6 Å². The van der Waals surface area contributed by atoms with E-state index >= 15 is 0 Å². The zero-order chi connectivity index (χ0) is 21.6. The first-order chi connectivity index (χ1) is 15.2. The molecule has 2 aromatic heterocycles. The summed E-state index contributed by atoms with van der Waals surface area (Å²) in [5.74, 6) is 1.84. The van der Waals surface area contributed by atoms with E-state index in [1.165, 1.54) is 5.56 Å². The maximum absolute atomic E-state index is 12.4. The van der Waals surface area contributed by atoms with Crippen molar-refractivity contribution >= 4 is 17.4 Å². The monoisotopic (exact) mass is 422 g/mol. The second kappa shape index (κ2) is 9.87. The molecule has 1 fully saturated rings. The average molecular weight is 423 g/mol. The van der Waals surface area contributed by atoms with Crippen molar-refractivity contribution < 1.29 is 9.53 Å². The minimum absolute atomic E-state index is 0.0600. The van der Waals surface area contributed by atoms with Crippen molar-refractivity contribution in [3.8, 4) is 11.4 Å². The molecule has 164 valence electrons. The Hall–Kier alpha value is -3.00. The Morgan fingerprint density at radius 1 is 1.19 bits per heavy atom. The number of carbonyl (C=O) groups excluding carboxylic acids is 1. The normalized spacial score (nSPS) is 14.8. The van der Waals surface area contributed by atoms with Crippen molar-refractivity contribution in [3.05, 3.63) is 42.0 Å². The van der Waals surface area contributed by atoms with Crippen LogP contribution in [0.25, 0.3) is 17.0 Å². The van der Waals surface area contributed by atoms with Gasteiger partial charge in [0.15, 0.2) is 11.5 Å². The van der Waals surface area contributed by atoms with Gasteiger partial charge in [-0.25, -0.2) is 0 Å². The second-order valence-electron chi connectivity index (χ2n) is 7.96. The van der Waals surface area contributed by atoms with Crippen molar-refractivity contribution in [1.82, 2.24) is 25.1 Å². The number of amides is 1. The Morgan fingerprint density at radius 3 is 2.81 bits per heavy atom. The molecule has 0 atom stereocenters. The molecule has 3 heterocycles. The molecule has 1 N–H and O–H groups in total. The molecule has 8 heteroatoms. The summed E-state index contributed by atoms with van der Waals surface area (Å²) < 4.78 is 7.12. The van der Waals surface area contributed by atoms with Gasteiger partial charge in [0.1, 0.15) is 5.82 Å². The molecule has 8 nitrogen and oxygen atoms in total. The van der Waals surface area contributed by atoms with Gasteiger partial charge in [-0.3, -0.25) is 4.79 Å². The fourth-order valence-electron chi connectivity index (χ4n) is 3.96. The standard InChI is InChI=1S/C23H30N6O2/c1-3-31-15-5-12-24-23(30)18-10-13-28(14-11-18)21-9-8-20-25-26-22(29(20)27-21)19-7-4-6-17(2)16-19/h4,6-9,16,18H,3,5,10-15H2,1-2H3,(H,24,30). The molecular formula is C23H30N6O2. The zero-order valence-electron chi connectivity index (χ0n) is 18.3. The van der Waals surface area contributed by atoms with Crippen molar-refractivity contribution in [2.45, 2.75) is 33.1 Å². The molecule has 1 saturated heterocycles. The highest BCUT2D eigenvalue weighted by Crippen LogP contribution is 2.24. The summed E-state index contributed by atoms with van der Waals surface area (Å²) in [5.41, 5.74) is 2.89. The Kier molecular flexibility index (Phi) is 6.76. The molecule has 0 bridgehead atoms. The molecule has 4 rings (SSSR count). The molecule has 0 aliphatic carbocycles. The van der Waals surface area contributed by atoms with Crippen LogP contribution in [-0.2, 0) is 9.53 Å². The van der Waals surface area contributed by atoms with Gasteiger partial charge in [0.05, 0.1) is 0 Å². The first-order valence-corrected chi connectivity index (χ1v) is 11.1. The molecule has 0 saturated carbocycles. The first-order valence-electron chi connectivity index (χ1n) is 11.1. The van der Waals surface area contributed by atoms with Crippen LogP contribution >= 0.6 is 0 Å². The Morgan fingerprint density at radius 2 is 2.03 bits per heavy atom. The van der Waals surface area contributed by atoms with E-state index in [9.17, 15) is 4.79 Å².